The highest BCUT2D eigenvalue weighted by molar-refractivity contribution is 4.77. The molecule has 0 saturated carbocycles. The first-order chi connectivity index (χ1) is 7.08. The molecule has 0 fully saturated rings. The van der Waals surface area contributed by atoms with Gasteiger partial charge in [-0.3, -0.25) is 4.68 Å². The van der Waals surface area contributed by atoms with Crippen LogP contribution in [0.1, 0.15) is 20.8 Å². The van der Waals surface area contributed by atoms with Crippen LogP contribution in [0.5, 0.6) is 0 Å². The third kappa shape index (κ3) is 6.25. The first-order valence-corrected chi connectivity index (χ1v) is 5.40. The third-order valence-electron chi connectivity index (χ3n) is 1.89. The lowest BCUT2D eigenvalue weighted by molar-refractivity contribution is -0.000803. The van der Waals surface area contributed by atoms with E-state index in [1.54, 1.807) is 6.20 Å². The van der Waals surface area contributed by atoms with E-state index >= 15 is 0 Å². The molecule has 0 aliphatic heterocycles. The highest BCUT2D eigenvalue weighted by atomic mass is 16.5. The Morgan fingerprint density at radius 1 is 1.33 bits per heavy atom. The van der Waals surface area contributed by atoms with Gasteiger partial charge in [-0.2, -0.15) is 5.10 Å². The maximum absolute atomic E-state index is 5.58. The van der Waals surface area contributed by atoms with E-state index in [9.17, 15) is 0 Å². The molecule has 0 spiro atoms. The molecular weight excluding hydrogens is 190 g/mol. The number of nitrogens with zero attached hydrogens (tertiary/aromatic N) is 2. The summed E-state index contributed by atoms with van der Waals surface area (Å²) in [6, 6.07) is 1.93. The lowest BCUT2D eigenvalue weighted by Gasteiger charge is -2.19. The zero-order valence-electron chi connectivity index (χ0n) is 9.86. The minimum Gasteiger partial charge on any atom is -0.375 e. The summed E-state index contributed by atoms with van der Waals surface area (Å²) in [6.45, 7) is 9.67. The predicted octanol–water partition coefficient (Wildman–Crippen LogP) is 1.29. The molecule has 4 heteroatoms. The van der Waals surface area contributed by atoms with Crippen LogP contribution in [0.15, 0.2) is 18.5 Å². The van der Waals surface area contributed by atoms with Crippen molar-refractivity contribution in [2.75, 3.05) is 19.7 Å². The van der Waals surface area contributed by atoms with Crippen LogP contribution in [0.25, 0.3) is 0 Å². The van der Waals surface area contributed by atoms with Crippen LogP contribution in [0.2, 0.25) is 0 Å². The third-order valence-corrected chi connectivity index (χ3v) is 1.89. The van der Waals surface area contributed by atoms with Crippen molar-refractivity contribution in [1.29, 1.82) is 0 Å². The van der Waals surface area contributed by atoms with Crippen molar-refractivity contribution in [3.8, 4) is 0 Å². The van der Waals surface area contributed by atoms with E-state index in [2.05, 4.69) is 31.2 Å². The van der Waals surface area contributed by atoms with Crippen LogP contribution in [0, 0.1) is 0 Å². The van der Waals surface area contributed by atoms with E-state index < -0.39 is 0 Å². The maximum Gasteiger partial charge on any atom is 0.0599 e. The van der Waals surface area contributed by atoms with Crippen LogP contribution >= 0.6 is 0 Å². The molecule has 0 aliphatic rings. The molecule has 86 valence electrons. The van der Waals surface area contributed by atoms with Crippen LogP contribution < -0.4 is 5.32 Å². The van der Waals surface area contributed by atoms with Gasteiger partial charge < -0.3 is 10.1 Å². The van der Waals surface area contributed by atoms with Gasteiger partial charge in [-0.25, -0.2) is 0 Å². The van der Waals surface area contributed by atoms with Gasteiger partial charge in [0.1, 0.15) is 0 Å². The standard InChI is InChI=1S/C11H21N3O/c1-11(2,3)15-10-7-12-6-9-14-8-4-5-13-14/h4-5,8,12H,6-7,9-10H2,1-3H3. The van der Waals surface area contributed by atoms with Gasteiger partial charge in [0.05, 0.1) is 18.8 Å². The monoisotopic (exact) mass is 211 g/mol. The van der Waals surface area contributed by atoms with Crippen LogP contribution in [0.3, 0.4) is 0 Å². The second-order valence-corrected chi connectivity index (χ2v) is 4.48. The number of hydrogen-bond acceptors (Lipinski definition) is 3. The van der Waals surface area contributed by atoms with Crippen LogP contribution in [-0.2, 0) is 11.3 Å². The van der Waals surface area contributed by atoms with Gasteiger partial charge in [-0.1, -0.05) is 0 Å². The van der Waals surface area contributed by atoms with Gasteiger partial charge in [0.25, 0.3) is 0 Å². The Kier molecular flexibility index (Phi) is 4.78. The molecule has 0 aromatic carbocycles. The molecule has 1 heterocycles. The Morgan fingerprint density at radius 2 is 2.13 bits per heavy atom. The molecule has 0 atom stereocenters. The summed E-state index contributed by atoms with van der Waals surface area (Å²) in [5.41, 5.74) is -0.0380. The molecule has 4 nitrogen and oxygen atoms in total. The average Bonchev–Trinajstić information content (AvgIpc) is 2.61. The van der Waals surface area contributed by atoms with Gasteiger partial charge in [0.15, 0.2) is 0 Å². The molecule has 0 amide bonds. The number of nitrogens with one attached hydrogen (secondary N) is 1. The normalized spacial score (nSPS) is 11.9. The Bertz CT molecular complexity index is 251. The number of rotatable bonds is 6. The molecule has 0 aliphatic carbocycles. The van der Waals surface area contributed by atoms with Crippen molar-refractivity contribution in [3.05, 3.63) is 18.5 Å². The van der Waals surface area contributed by atoms with E-state index in [-0.39, 0.29) is 5.60 Å². The molecule has 1 N–H and O–H groups in total. The molecule has 1 rings (SSSR count). The fraction of sp³-hybridized carbons (Fsp3) is 0.727. The van der Waals surface area contributed by atoms with Crippen molar-refractivity contribution >= 4 is 0 Å². The molecule has 0 bridgehead atoms. The summed E-state index contributed by atoms with van der Waals surface area (Å²) in [5, 5.41) is 7.43. The Labute approximate surface area is 91.6 Å². The van der Waals surface area contributed by atoms with Gasteiger partial charge in [0.2, 0.25) is 0 Å². The van der Waals surface area contributed by atoms with Gasteiger partial charge >= 0.3 is 0 Å². The Hall–Kier alpha value is -0.870. The first-order valence-electron chi connectivity index (χ1n) is 5.40. The van der Waals surface area contributed by atoms with E-state index in [4.69, 9.17) is 4.74 Å². The molecule has 0 radical (unpaired) electrons. The van der Waals surface area contributed by atoms with Crippen molar-refractivity contribution in [3.63, 3.8) is 0 Å². The smallest absolute Gasteiger partial charge is 0.0599 e. The lowest BCUT2D eigenvalue weighted by Crippen LogP contribution is -2.28. The molecule has 1 aromatic rings. The first kappa shape index (κ1) is 12.2. The summed E-state index contributed by atoms with van der Waals surface area (Å²) < 4.78 is 7.50. The highest BCUT2D eigenvalue weighted by Gasteiger charge is 2.08. The number of hydrogen-bond donors (Lipinski definition) is 1. The lowest BCUT2D eigenvalue weighted by atomic mass is 10.2. The second-order valence-electron chi connectivity index (χ2n) is 4.48. The Balaban J connectivity index is 1.94. The van der Waals surface area contributed by atoms with Crippen molar-refractivity contribution in [2.24, 2.45) is 0 Å². The van der Waals surface area contributed by atoms with Gasteiger partial charge in [-0.05, 0) is 26.8 Å². The van der Waals surface area contributed by atoms with Crippen LogP contribution in [0.4, 0.5) is 0 Å². The second kappa shape index (κ2) is 5.88. The quantitative estimate of drug-likeness (QED) is 0.721. The molecular formula is C11H21N3O. The van der Waals surface area contributed by atoms with E-state index in [1.807, 2.05) is 16.9 Å². The van der Waals surface area contributed by atoms with Crippen molar-refractivity contribution < 1.29 is 4.74 Å². The predicted molar refractivity (Wildman–Crippen MR) is 60.8 cm³/mol. The summed E-state index contributed by atoms with van der Waals surface area (Å²) in [4.78, 5) is 0. The van der Waals surface area contributed by atoms with E-state index in [0.29, 0.717) is 0 Å². The highest BCUT2D eigenvalue weighted by Crippen LogP contribution is 2.04. The molecule has 0 saturated heterocycles. The van der Waals surface area contributed by atoms with E-state index in [1.165, 1.54) is 0 Å². The fourth-order valence-corrected chi connectivity index (χ4v) is 1.18. The molecule has 15 heavy (non-hydrogen) atoms. The van der Waals surface area contributed by atoms with Crippen molar-refractivity contribution in [1.82, 2.24) is 15.1 Å². The van der Waals surface area contributed by atoms with E-state index in [0.717, 1.165) is 26.2 Å². The SMILES string of the molecule is CC(C)(C)OCCNCCn1cccn1. The molecule has 0 unspecified atom stereocenters. The summed E-state index contributed by atoms with van der Waals surface area (Å²) in [5.74, 6) is 0. The van der Waals surface area contributed by atoms with Gasteiger partial charge in [0, 0.05) is 25.5 Å². The Morgan fingerprint density at radius 3 is 2.73 bits per heavy atom. The average molecular weight is 211 g/mol. The van der Waals surface area contributed by atoms with Gasteiger partial charge in [-0.15, -0.1) is 0 Å². The fourth-order valence-electron chi connectivity index (χ4n) is 1.18. The van der Waals surface area contributed by atoms with Crippen molar-refractivity contribution in [2.45, 2.75) is 32.9 Å². The molecule has 1 aromatic heterocycles. The maximum atomic E-state index is 5.58. The largest absolute Gasteiger partial charge is 0.375 e. The zero-order chi connectivity index (χ0) is 11.1. The minimum absolute atomic E-state index is 0.0380. The topological polar surface area (TPSA) is 39.1 Å². The zero-order valence-corrected chi connectivity index (χ0v) is 9.86. The number of aromatic nitrogens is 2. The minimum atomic E-state index is -0.0380. The number of ether oxygens (including phenoxy) is 1. The summed E-state index contributed by atoms with van der Waals surface area (Å²) in [6.07, 6.45) is 3.76. The summed E-state index contributed by atoms with van der Waals surface area (Å²) >= 11 is 0. The summed E-state index contributed by atoms with van der Waals surface area (Å²) in [7, 11) is 0. The van der Waals surface area contributed by atoms with Crippen LogP contribution in [-0.4, -0.2) is 35.1 Å².